The zero-order valence-corrected chi connectivity index (χ0v) is 13.3. The van der Waals surface area contributed by atoms with Crippen molar-refractivity contribution in [3.05, 3.63) is 60.4 Å². The second kappa shape index (κ2) is 6.45. The Labute approximate surface area is 140 Å². The van der Waals surface area contributed by atoms with Crippen LogP contribution in [-0.2, 0) is 16.1 Å². The van der Waals surface area contributed by atoms with Crippen LogP contribution < -0.4 is 5.32 Å². The number of nitrogens with zero attached hydrogens (tertiary/aromatic N) is 2. The lowest BCUT2D eigenvalue weighted by molar-refractivity contribution is -0.119. The van der Waals surface area contributed by atoms with Crippen molar-refractivity contribution in [3.63, 3.8) is 0 Å². The van der Waals surface area contributed by atoms with Gasteiger partial charge in [0.15, 0.2) is 0 Å². The molecule has 1 aliphatic heterocycles. The standard InChI is InChI=1S/C19H19N3O2/c23-19(15-8-9-24-12-15)21-16-5-3-4-14(10-16)11-22-13-20-17-6-1-2-7-18(17)22/h1-7,10,13,15H,8-9,11-12H2,(H,21,23)/t15-/m0/s1. The molecule has 1 aromatic heterocycles. The summed E-state index contributed by atoms with van der Waals surface area (Å²) in [7, 11) is 0. The zero-order valence-electron chi connectivity index (χ0n) is 13.3. The summed E-state index contributed by atoms with van der Waals surface area (Å²) in [5, 5.41) is 3.00. The van der Waals surface area contributed by atoms with Gasteiger partial charge in [0.1, 0.15) is 0 Å². The first-order valence-electron chi connectivity index (χ1n) is 8.17. The number of anilines is 1. The molecule has 1 saturated heterocycles. The van der Waals surface area contributed by atoms with Gasteiger partial charge in [0.2, 0.25) is 5.91 Å². The Morgan fingerprint density at radius 1 is 1.25 bits per heavy atom. The van der Waals surface area contributed by atoms with Crippen LogP contribution >= 0.6 is 0 Å². The molecule has 4 rings (SSSR count). The molecule has 0 saturated carbocycles. The Hall–Kier alpha value is -2.66. The van der Waals surface area contributed by atoms with Gasteiger partial charge in [-0.2, -0.15) is 0 Å². The van der Waals surface area contributed by atoms with Gasteiger partial charge in [-0.25, -0.2) is 4.98 Å². The number of fused-ring (bicyclic) bond motifs is 1. The fourth-order valence-electron chi connectivity index (χ4n) is 3.07. The van der Waals surface area contributed by atoms with Crippen molar-refractivity contribution in [1.82, 2.24) is 9.55 Å². The summed E-state index contributed by atoms with van der Waals surface area (Å²) in [6.45, 7) is 1.91. The number of imidazole rings is 1. The van der Waals surface area contributed by atoms with Gasteiger partial charge in [-0.15, -0.1) is 0 Å². The lowest BCUT2D eigenvalue weighted by Crippen LogP contribution is -2.22. The quantitative estimate of drug-likeness (QED) is 0.803. The Kier molecular flexibility index (Phi) is 4.01. The molecule has 2 aromatic carbocycles. The van der Waals surface area contributed by atoms with E-state index in [1.807, 2.05) is 42.7 Å². The predicted octanol–water partition coefficient (Wildman–Crippen LogP) is 3.06. The van der Waals surface area contributed by atoms with Gasteiger partial charge in [0.25, 0.3) is 0 Å². The molecule has 1 N–H and O–H groups in total. The molecule has 24 heavy (non-hydrogen) atoms. The van der Waals surface area contributed by atoms with Crippen molar-refractivity contribution >= 4 is 22.6 Å². The van der Waals surface area contributed by atoms with Gasteiger partial charge >= 0.3 is 0 Å². The van der Waals surface area contributed by atoms with E-state index in [0.717, 1.165) is 35.2 Å². The van der Waals surface area contributed by atoms with Gasteiger partial charge in [-0.3, -0.25) is 4.79 Å². The number of nitrogens with one attached hydrogen (secondary N) is 1. The van der Waals surface area contributed by atoms with Crippen LogP contribution in [0.1, 0.15) is 12.0 Å². The van der Waals surface area contributed by atoms with Gasteiger partial charge in [-0.1, -0.05) is 24.3 Å². The lowest BCUT2D eigenvalue weighted by Gasteiger charge is -2.11. The average molecular weight is 321 g/mol. The molecular weight excluding hydrogens is 302 g/mol. The second-order valence-corrected chi connectivity index (χ2v) is 6.11. The number of benzene rings is 2. The van der Waals surface area contributed by atoms with Gasteiger partial charge in [0.05, 0.1) is 29.9 Å². The maximum atomic E-state index is 12.2. The normalized spacial score (nSPS) is 17.2. The molecule has 3 aromatic rings. The third kappa shape index (κ3) is 3.03. The summed E-state index contributed by atoms with van der Waals surface area (Å²) >= 11 is 0. The van der Waals surface area contributed by atoms with Crippen LogP contribution in [0.4, 0.5) is 5.69 Å². The minimum absolute atomic E-state index is 0.0359. The third-order valence-corrected chi connectivity index (χ3v) is 4.38. The Bertz CT molecular complexity index is 866. The number of hydrogen-bond donors (Lipinski definition) is 1. The SMILES string of the molecule is O=C(Nc1cccc(Cn2cnc3ccccc32)c1)[C@H]1CCOC1. The highest BCUT2D eigenvalue weighted by atomic mass is 16.5. The summed E-state index contributed by atoms with van der Waals surface area (Å²) in [5.74, 6) is 0.00368. The smallest absolute Gasteiger partial charge is 0.229 e. The minimum atomic E-state index is -0.0359. The molecule has 5 nitrogen and oxygen atoms in total. The molecule has 122 valence electrons. The summed E-state index contributed by atoms with van der Waals surface area (Å²) in [6.07, 6.45) is 2.65. The van der Waals surface area contributed by atoms with Crippen molar-refractivity contribution in [3.8, 4) is 0 Å². The van der Waals surface area contributed by atoms with E-state index in [-0.39, 0.29) is 11.8 Å². The van der Waals surface area contributed by atoms with E-state index in [1.54, 1.807) is 0 Å². The van der Waals surface area contributed by atoms with Crippen LogP contribution in [-0.4, -0.2) is 28.7 Å². The van der Waals surface area contributed by atoms with Crippen LogP contribution in [0.25, 0.3) is 11.0 Å². The first-order chi connectivity index (χ1) is 11.8. The number of carbonyl (C=O) groups is 1. The van der Waals surface area contributed by atoms with Crippen molar-refractivity contribution in [2.24, 2.45) is 5.92 Å². The van der Waals surface area contributed by atoms with E-state index in [1.165, 1.54) is 0 Å². The Morgan fingerprint density at radius 3 is 3.04 bits per heavy atom. The lowest BCUT2D eigenvalue weighted by atomic mass is 10.1. The number of ether oxygens (including phenoxy) is 1. The van der Waals surface area contributed by atoms with E-state index in [0.29, 0.717) is 13.2 Å². The van der Waals surface area contributed by atoms with E-state index >= 15 is 0 Å². The van der Waals surface area contributed by atoms with E-state index in [2.05, 4.69) is 27.0 Å². The predicted molar refractivity (Wildman–Crippen MR) is 92.8 cm³/mol. The third-order valence-electron chi connectivity index (χ3n) is 4.38. The highest BCUT2D eigenvalue weighted by molar-refractivity contribution is 5.92. The number of carbonyl (C=O) groups excluding carboxylic acids is 1. The summed E-state index contributed by atoms with van der Waals surface area (Å²) in [6, 6.07) is 16.0. The highest BCUT2D eigenvalue weighted by Crippen LogP contribution is 2.19. The Balaban J connectivity index is 1.51. The van der Waals surface area contributed by atoms with Crippen LogP contribution in [0.5, 0.6) is 0 Å². The van der Waals surface area contributed by atoms with Crippen molar-refractivity contribution in [2.75, 3.05) is 18.5 Å². The molecule has 0 unspecified atom stereocenters. The topological polar surface area (TPSA) is 56.2 Å². The van der Waals surface area contributed by atoms with Crippen LogP contribution in [0.3, 0.4) is 0 Å². The minimum Gasteiger partial charge on any atom is -0.381 e. The van der Waals surface area contributed by atoms with E-state index < -0.39 is 0 Å². The first kappa shape index (κ1) is 14.9. The molecule has 2 heterocycles. The molecule has 1 fully saturated rings. The number of aromatic nitrogens is 2. The van der Waals surface area contributed by atoms with Gasteiger partial charge < -0.3 is 14.6 Å². The van der Waals surface area contributed by atoms with Gasteiger partial charge in [-0.05, 0) is 36.2 Å². The highest BCUT2D eigenvalue weighted by Gasteiger charge is 2.23. The molecule has 1 aliphatic rings. The first-order valence-corrected chi connectivity index (χ1v) is 8.17. The largest absolute Gasteiger partial charge is 0.381 e. The number of para-hydroxylation sites is 2. The van der Waals surface area contributed by atoms with Crippen LogP contribution in [0, 0.1) is 5.92 Å². The van der Waals surface area contributed by atoms with Crippen LogP contribution in [0.15, 0.2) is 54.9 Å². The fraction of sp³-hybridized carbons (Fsp3) is 0.263. The monoisotopic (exact) mass is 321 g/mol. The molecule has 5 heteroatoms. The summed E-state index contributed by atoms with van der Waals surface area (Å²) in [4.78, 5) is 16.6. The fourth-order valence-corrected chi connectivity index (χ4v) is 3.07. The molecule has 1 amide bonds. The molecule has 0 radical (unpaired) electrons. The average Bonchev–Trinajstić information content (AvgIpc) is 3.26. The van der Waals surface area contributed by atoms with E-state index in [4.69, 9.17) is 4.74 Å². The molecule has 0 bridgehead atoms. The summed E-state index contributed by atoms with van der Waals surface area (Å²) in [5.41, 5.74) is 4.05. The van der Waals surface area contributed by atoms with Crippen molar-refractivity contribution in [2.45, 2.75) is 13.0 Å². The summed E-state index contributed by atoms with van der Waals surface area (Å²) < 4.78 is 7.39. The number of rotatable bonds is 4. The van der Waals surface area contributed by atoms with E-state index in [9.17, 15) is 4.79 Å². The maximum absolute atomic E-state index is 12.2. The molecular formula is C19H19N3O2. The second-order valence-electron chi connectivity index (χ2n) is 6.11. The molecule has 1 atom stereocenters. The van der Waals surface area contributed by atoms with Crippen molar-refractivity contribution < 1.29 is 9.53 Å². The molecule has 0 aliphatic carbocycles. The molecule has 0 spiro atoms. The number of amides is 1. The maximum Gasteiger partial charge on any atom is 0.229 e. The number of hydrogen-bond acceptors (Lipinski definition) is 3. The zero-order chi connectivity index (χ0) is 16.4. The Morgan fingerprint density at radius 2 is 2.17 bits per heavy atom. The van der Waals surface area contributed by atoms with Crippen LogP contribution in [0.2, 0.25) is 0 Å². The van der Waals surface area contributed by atoms with Crippen molar-refractivity contribution in [1.29, 1.82) is 0 Å². The van der Waals surface area contributed by atoms with Gasteiger partial charge in [0, 0.05) is 18.8 Å².